The van der Waals surface area contributed by atoms with Crippen molar-refractivity contribution in [1.29, 1.82) is 0 Å². The van der Waals surface area contributed by atoms with Gasteiger partial charge in [-0.1, -0.05) is 0 Å². The first kappa shape index (κ1) is 14.4. The highest BCUT2D eigenvalue weighted by Crippen LogP contribution is 2.14. The van der Waals surface area contributed by atoms with E-state index in [1.165, 1.54) is 17.1 Å². The van der Waals surface area contributed by atoms with Crippen molar-refractivity contribution in [1.82, 2.24) is 10.2 Å². The Bertz CT molecular complexity index is 513. The number of hydrogen-bond acceptors (Lipinski definition) is 5. The number of carbonyl (C=O) groups is 3. The molecule has 0 radical (unpaired) electrons. The summed E-state index contributed by atoms with van der Waals surface area (Å²) in [7, 11) is 0. The zero-order chi connectivity index (χ0) is 14.9. The van der Waals surface area contributed by atoms with Gasteiger partial charge in [0.15, 0.2) is 5.78 Å². The summed E-state index contributed by atoms with van der Waals surface area (Å²) in [6.07, 6.45) is 0.453. The van der Waals surface area contributed by atoms with Crippen molar-refractivity contribution in [3.63, 3.8) is 0 Å². The number of likely N-dealkylation sites (tertiary alicyclic amines) is 1. The lowest BCUT2D eigenvalue weighted by atomic mass is 10.0. The summed E-state index contributed by atoms with van der Waals surface area (Å²) in [5, 5.41) is 21.3. The molecular weight excluding hydrogens is 264 g/mol. The SMILES string of the molecule is CC1=C(/C=C/C(=O)N2C[C@H](O)[C@@H](O)C2)C(=O)CC(=O)N1. The zero-order valence-corrected chi connectivity index (χ0v) is 11.0. The van der Waals surface area contributed by atoms with E-state index in [4.69, 9.17) is 0 Å². The summed E-state index contributed by atoms with van der Waals surface area (Å²) < 4.78 is 0. The van der Waals surface area contributed by atoms with Gasteiger partial charge in [-0.2, -0.15) is 0 Å². The number of ketones is 1. The topological polar surface area (TPSA) is 107 Å². The molecule has 7 nitrogen and oxygen atoms in total. The molecule has 0 unspecified atom stereocenters. The Labute approximate surface area is 115 Å². The molecule has 0 aromatic heterocycles. The van der Waals surface area contributed by atoms with E-state index in [1.807, 2.05) is 0 Å². The van der Waals surface area contributed by atoms with E-state index in [-0.39, 0.29) is 31.2 Å². The van der Waals surface area contributed by atoms with Gasteiger partial charge >= 0.3 is 0 Å². The summed E-state index contributed by atoms with van der Waals surface area (Å²) in [6, 6.07) is 0. The lowest BCUT2D eigenvalue weighted by Crippen LogP contribution is -2.32. The minimum Gasteiger partial charge on any atom is -0.388 e. The minimum atomic E-state index is -0.941. The van der Waals surface area contributed by atoms with Crippen molar-refractivity contribution in [3.8, 4) is 0 Å². The fraction of sp³-hybridized carbons (Fsp3) is 0.462. The first-order chi connectivity index (χ1) is 9.38. The lowest BCUT2D eigenvalue weighted by molar-refractivity contribution is -0.127. The first-order valence-electron chi connectivity index (χ1n) is 6.25. The number of aliphatic hydroxyl groups is 2. The number of allylic oxidation sites excluding steroid dienone is 3. The van der Waals surface area contributed by atoms with Crippen LogP contribution in [0.15, 0.2) is 23.4 Å². The van der Waals surface area contributed by atoms with Gasteiger partial charge in [0.05, 0.1) is 18.6 Å². The predicted molar refractivity (Wildman–Crippen MR) is 68.2 cm³/mol. The molecule has 7 heteroatoms. The highest BCUT2D eigenvalue weighted by molar-refractivity contribution is 6.12. The van der Waals surface area contributed by atoms with Crippen LogP contribution in [-0.2, 0) is 14.4 Å². The number of nitrogens with zero attached hydrogens (tertiary/aromatic N) is 1. The van der Waals surface area contributed by atoms with E-state index < -0.39 is 18.1 Å². The van der Waals surface area contributed by atoms with Crippen LogP contribution in [0.3, 0.4) is 0 Å². The maximum absolute atomic E-state index is 11.9. The van der Waals surface area contributed by atoms with E-state index in [1.54, 1.807) is 6.92 Å². The molecule has 2 amide bonds. The van der Waals surface area contributed by atoms with Gasteiger partial charge in [0, 0.05) is 30.4 Å². The average molecular weight is 280 g/mol. The van der Waals surface area contributed by atoms with Gasteiger partial charge in [-0.15, -0.1) is 0 Å². The van der Waals surface area contributed by atoms with Crippen molar-refractivity contribution < 1.29 is 24.6 Å². The largest absolute Gasteiger partial charge is 0.388 e. The van der Waals surface area contributed by atoms with Crippen molar-refractivity contribution in [2.45, 2.75) is 25.6 Å². The van der Waals surface area contributed by atoms with Gasteiger partial charge in [-0.05, 0) is 13.0 Å². The molecule has 0 saturated carbocycles. The summed E-state index contributed by atoms with van der Waals surface area (Å²) in [5.41, 5.74) is 0.704. The minimum absolute atomic E-state index is 0.0626. The fourth-order valence-corrected chi connectivity index (χ4v) is 2.20. The number of β-amino-alcohol motifs (C(OH)–C–C–N with tert-alkyl or cyclic N) is 2. The smallest absolute Gasteiger partial charge is 0.246 e. The molecule has 0 bridgehead atoms. The highest BCUT2D eigenvalue weighted by Gasteiger charge is 2.31. The molecule has 3 N–H and O–H groups in total. The van der Waals surface area contributed by atoms with E-state index in [0.717, 1.165) is 0 Å². The van der Waals surface area contributed by atoms with Crippen LogP contribution in [0.25, 0.3) is 0 Å². The standard InChI is InChI=1S/C13H16N2O5/c1-7-8(9(16)4-12(19)14-7)2-3-13(20)15-5-10(17)11(18)6-15/h2-3,10-11,17-18H,4-6H2,1H3,(H,14,19)/b3-2+/t10-,11-/m0/s1. The third-order valence-electron chi connectivity index (χ3n) is 3.32. The molecule has 2 atom stereocenters. The van der Waals surface area contributed by atoms with E-state index in [2.05, 4.69) is 5.32 Å². The number of rotatable bonds is 2. The number of Topliss-reactive ketones (excluding diaryl/α,β-unsaturated/α-hetero) is 1. The maximum atomic E-state index is 11.9. The van der Waals surface area contributed by atoms with E-state index >= 15 is 0 Å². The normalized spacial score (nSPS) is 27.4. The Morgan fingerprint density at radius 2 is 1.90 bits per heavy atom. The molecule has 0 aliphatic carbocycles. The molecule has 0 aromatic carbocycles. The summed E-state index contributed by atoms with van der Waals surface area (Å²) in [5.74, 6) is -1.09. The lowest BCUT2D eigenvalue weighted by Gasteiger charge is -2.15. The molecular formula is C13H16N2O5. The number of amides is 2. The van der Waals surface area contributed by atoms with Crippen LogP contribution in [0.2, 0.25) is 0 Å². The third-order valence-corrected chi connectivity index (χ3v) is 3.32. The van der Waals surface area contributed by atoms with Gasteiger partial charge in [0.2, 0.25) is 11.8 Å². The van der Waals surface area contributed by atoms with E-state index in [0.29, 0.717) is 11.3 Å². The van der Waals surface area contributed by atoms with Crippen LogP contribution >= 0.6 is 0 Å². The third kappa shape index (κ3) is 2.94. The van der Waals surface area contributed by atoms with Crippen LogP contribution in [0, 0.1) is 0 Å². The second-order valence-electron chi connectivity index (χ2n) is 4.90. The predicted octanol–water partition coefficient (Wildman–Crippen LogP) is -1.53. The molecule has 108 valence electrons. The van der Waals surface area contributed by atoms with Gasteiger partial charge in [-0.3, -0.25) is 14.4 Å². The second kappa shape index (κ2) is 5.56. The summed E-state index contributed by atoms with van der Waals surface area (Å²) in [6.45, 7) is 1.71. The molecule has 0 spiro atoms. The molecule has 2 aliphatic heterocycles. The Kier molecular flexibility index (Phi) is 4.01. The molecule has 2 aliphatic rings. The molecule has 1 saturated heterocycles. The molecule has 0 aromatic rings. The van der Waals surface area contributed by atoms with E-state index in [9.17, 15) is 24.6 Å². The highest BCUT2D eigenvalue weighted by atomic mass is 16.3. The molecule has 1 fully saturated rings. The van der Waals surface area contributed by atoms with Gasteiger partial charge in [0.25, 0.3) is 0 Å². The quantitative estimate of drug-likeness (QED) is 0.420. The van der Waals surface area contributed by atoms with Crippen molar-refractivity contribution in [2.24, 2.45) is 0 Å². The molecule has 20 heavy (non-hydrogen) atoms. The molecule has 2 rings (SSSR count). The number of nitrogens with one attached hydrogen (secondary N) is 1. The Morgan fingerprint density at radius 1 is 1.30 bits per heavy atom. The van der Waals surface area contributed by atoms with Crippen molar-refractivity contribution >= 4 is 17.6 Å². The average Bonchev–Trinajstić information content (AvgIpc) is 2.68. The van der Waals surface area contributed by atoms with Crippen LogP contribution in [0.1, 0.15) is 13.3 Å². The monoisotopic (exact) mass is 280 g/mol. The number of aliphatic hydroxyl groups excluding tert-OH is 2. The van der Waals surface area contributed by atoms with Crippen LogP contribution in [-0.4, -0.2) is 58.0 Å². The van der Waals surface area contributed by atoms with Crippen molar-refractivity contribution in [3.05, 3.63) is 23.4 Å². The Morgan fingerprint density at radius 3 is 2.45 bits per heavy atom. The zero-order valence-electron chi connectivity index (χ0n) is 11.0. The summed E-state index contributed by atoms with van der Waals surface area (Å²) >= 11 is 0. The van der Waals surface area contributed by atoms with Crippen LogP contribution in [0.5, 0.6) is 0 Å². The van der Waals surface area contributed by atoms with Gasteiger partial charge in [0.1, 0.15) is 0 Å². The number of hydrogen-bond donors (Lipinski definition) is 3. The van der Waals surface area contributed by atoms with Crippen molar-refractivity contribution in [2.75, 3.05) is 13.1 Å². The first-order valence-corrected chi connectivity index (χ1v) is 6.25. The van der Waals surface area contributed by atoms with Gasteiger partial charge in [-0.25, -0.2) is 0 Å². The fourth-order valence-electron chi connectivity index (χ4n) is 2.20. The van der Waals surface area contributed by atoms with Crippen LogP contribution < -0.4 is 5.32 Å². The Hall–Kier alpha value is -1.99. The summed E-state index contributed by atoms with van der Waals surface area (Å²) in [4.78, 5) is 36.0. The maximum Gasteiger partial charge on any atom is 0.246 e. The second-order valence-corrected chi connectivity index (χ2v) is 4.90. The number of carbonyl (C=O) groups excluding carboxylic acids is 3. The molecule has 2 heterocycles. The van der Waals surface area contributed by atoms with Crippen LogP contribution in [0.4, 0.5) is 0 Å². The Balaban J connectivity index is 2.06. The van der Waals surface area contributed by atoms with Gasteiger partial charge < -0.3 is 20.4 Å².